The molecule has 1 atom stereocenters. The Labute approximate surface area is 185 Å². The molecule has 2 aromatic rings. The normalized spacial score (nSPS) is 15.4. The van der Waals surface area contributed by atoms with Gasteiger partial charge in [0.2, 0.25) is 11.7 Å². The van der Waals surface area contributed by atoms with E-state index < -0.39 is 23.3 Å². The Bertz CT molecular complexity index is 1100. The van der Waals surface area contributed by atoms with Crippen LogP contribution in [0.5, 0.6) is 5.75 Å². The van der Waals surface area contributed by atoms with Gasteiger partial charge in [0, 0.05) is 20.1 Å². The van der Waals surface area contributed by atoms with Gasteiger partial charge in [0.05, 0.1) is 12.6 Å². The Morgan fingerprint density at radius 2 is 2.03 bits per heavy atom. The summed E-state index contributed by atoms with van der Waals surface area (Å²) >= 11 is 0. The molecule has 3 rings (SSSR count). The highest BCUT2D eigenvalue weighted by Crippen LogP contribution is 2.29. The van der Waals surface area contributed by atoms with Gasteiger partial charge in [-0.05, 0) is 51.1 Å². The molecule has 0 radical (unpaired) electrons. The lowest BCUT2D eigenvalue weighted by Gasteiger charge is -2.33. The van der Waals surface area contributed by atoms with Crippen LogP contribution in [-0.2, 0) is 17.9 Å². The summed E-state index contributed by atoms with van der Waals surface area (Å²) in [6, 6.07) is 3.96. The maximum atomic E-state index is 13.5. The number of amides is 2. The van der Waals surface area contributed by atoms with Crippen LogP contribution in [0, 0.1) is 12.7 Å². The van der Waals surface area contributed by atoms with Crippen LogP contribution in [0.4, 0.5) is 4.39 Å². The van der Waals surface area contributed by atoms with Gasteiger partial charge >= 0.3 is 0 Å². The number of hydrogen-bond acceptors (Lipinski definition) is 6. The van der Waals surface area contributed by atoms with Gasteiger partial charge in [0.15, 0.2) is 5.69 Å². The van der Waals surface area contributed by atoms with E-state index in [0.29, 0.717) is 30.5 Å². The van der Waals surface area contributed by atoms with Crippen molar-refractivity contribution in [3.63, 3.8) is 0 Å². The quantitative estimate of drug-likeness (QED) is 0.692. The molecule has 1 aromatic carbocycles. The number of aromatic nitrogens is 2. The maximum absolute atomic E-state index is 13.5. The van der Waals surface area contributed by atoms with Gasteiger partial charge in [0.25, 0.3) is 11.5 Å². The minimum absolute atomic E-state index is 0.0736. The lowest BCUT2D eigenvalue weighted by Crippen LogP contribution is -2.43. The van der Waals surface area contributed by atoms with Gasteiger partial charge in [0.1, 0.15) is 11.6 Å². The first-order valence-electron chi connectivity index (χ1n) is 10.4. The lowest BCUT2D eigenvalue weighted by molar-refractivity contribution is -0.133. The summed E-state index contributed by atoms with van der Waals surface area (Å²) in [4.78, 5) is 45.6. The molecule has 2 heterocycles. The lowest BCUT2D eigenvalue weighted by atomic mass is 10.0. The fraction of sp³-hybridized carbons (Fsp3) is 0.455. The first-order chi connectivity index (χ1) is 15.1. The predicted molar refractivity (Wildman–Crippen MR) is 116 cm³/mol. The van der Waals surface area contributed by atoms with E-state index in [-0.39, 0.29) is 36.3 Å². The maximum Gasteiger partial charge on any atom is 0.296 e. The summed E-state index contributed by atoms with van der Waals surface area (Å²) in [5, 5.41) is 13.0. The molecule has 2 N–H and O–H groups in total. The van der Waals surface area contributed by atoms with Gasteiger partial charge in [-0.2, -0.15) is 0 Å². The molecule has 1 aliphatic heterocycles. The topological polar surface area (TPSA) is 108 Å². The number of nitrogens with zero attached hydrogens (tertiary/aromatic N) is 4. The second-order valence-electron chi connectivity index (χ2n) is 8.29. The van der Waals surface area contributed by atoms with Crippen LogP contribution in [-0.4, -0.2) is 64.0 Å². The van der Waals surface area contributed by atoms with E-state index in [0.717, 1.165) is 0 Å². The van der Waals surface area contributed by atoms with Gasteiger partial charge in [-0.3, -0.25) is 19.0 Å². The van der Waals surface area contributed by atoms with E-state index in [4.69, 9.17) is 0 Å². The smallest absolute Gasteiger partial charge is 0.296 e. The van der Waals surface area contributed by atoms with Crippen molar-refractivity contribution in [2.75, 3.05) is 27.7 Å². The third kappa shape index (κ3) is 4.80. The summed E-state index contributed by atoms with van der Waals surface area (Å²) in [5.41, 5.74) is 0.00714. The fourth-order valence-electron chi connectivity index (χ4n) is 3.77. The minimum Gasteiger partial charge on any atom is -0.501 e. The third-order valence-corrected chi connectivity index (χ3v) is 5.54. The van der Waals surface area contributed by atoms with Crippen molar-refractivity contribution in [3.8, 4) is 5.75 Å². The van der Waals surface area contributed by atoms with Crippen molar-refractivity contribution < 1.29 is 19.1 Å². The van der Waals surface area contributed by atoms with E-state index in [1.807, 2.05) is 0 Å². The van der Waals surface area contributed by atoms with Gasteiger partial charge in [-0.15, -0.1) is 0 Å². The molecule has 32 heavy (non-hydrogen) atoms. The number of carbonyl (C=O) groups excluding carboxylic acids is 2. The Hall–Kier alpha value is -3.27. The van der Waals surface area contributed by atoms with Crippen LogP contribution in [0.25, 0.3) is 0 Å². The second kappa shape index (κ2) is 9.47. The molecule has 9 nitrogen and oxygen atoms in total. The number of nitrogens with one attached hydrogen (secondary N) is 1. The monoisotopic (exact) mass is 445 g/mol. The number of aromatic hydroxyl groups is 1. The predicted octanol–water partition coefficient (Wildman–Crippen LogP) is 1.18. The van der Waals surface area contributed by atoms with Crippen LogP contribution in [0.1, 0.15) is 46.3 Å². The Kier molecular flexibility index (Phi) is 6.93. The number of benzene rings is 1. The first-order valence-corrected chi connectivity index (χ1v) is 10.4. The van der Waals surface area contributed by atoms with Crippen LogP contribution in [0.2, 0.25) is 0 Å². The highest BCUT2D eigenvalue weighted by atomic mass is 19.1. The average Bonchev–Trinajstić information content (AvgIpc) is 2.75. The van der Waals surface area contributed by atoms with Gasteiger partial charge < -0.3 is 20.2 Å². The molecule has 0 saturated heterocycles. The minimum atomic E-state index is -0.732. The molecule has 0 bridgehead atoms. The molecular formula is C22H28FN5O4. The molecule has 0 saturated carbocycles. The Morgan fingerprint density at radius 3 is 2.69 bits per heavy atom. The second-order valence-corrected chi connectivity index (χ2v) is 8.29. The number of halogens is 1. The van der Waals surface area contributed by atoms with E-state index in [1.165, 1.54) is 15.5 Å². The van der Waals surface area contributed by atoms with Crippen molar-refractivity contribution in [2.45, 2.75) is 38.9 Å². The molecule has 1 aromatic heterocycles. The molecule has 172 valence electrons. The Balaban J connectivity index is 1.88. The van der Waals surface area contributed by atoms with Crippen molar-refractivity contribution in [1.82, 2.24) is 24.7 Å². The Morgan fingerprint density at radius 1 is 1.31 bits per heavy atom. The van der Waals surface area contributed by atoms with Crippen LogP contribution in [0.15, 0.2) is 23.0 Å². The number of rotatable bonds is 6. The van der Waals surface area contributed by atoms with Crippen molar-refractivity contribution in [1.29, 1.82) is 0 Å². The molecule has 0 spiro atoms. The fourth-order valence-corrected chi connectivity index (χ4v) is 3.77. The van der Waals surface area contributed by atoms with Crippen LogP contribution in [0.3, 0.4) is 0 Å². The number of likely N-dealkylation sites (N-methyl/N-ethyl adjacent to an activating group) is 2. The number of fused-ring (bicyclic) bond motifs is 1. The summed E-state index contributed by atoms with van der Waals surface area (Å²) in [6.45, 7) is 2.23. The highest BCUT2D eigenvalue weighted by molar-refractivity contribution is 5.94. The summed E-state index contributed by atoms with van der Waals surface area (Å²) in [6.07, 6.45) is 1.22. The van der Waals surface area contributed by atoms with Gasteiger partial charge in [-0.25, -0.2) is 9.37 Å². The zero-order chi connectivity index (χ0) is 23.6. The number of hydrogen-bond donors (Lipinski definition) is 2. The molecule has 10 heteroatoms. The van der Waals surface area contributed by atoms with E-state index in [9.17, 15) is 23.9 Å². The summed E-state index contributed by atoms with van der Waals surface area (Å²) in [7, 11) is 5.21. The van der Waals surface area contributed by atoms with Crippen LogP contribution < -0.4 is 10.9 Å². The largest absolute Gasteiger partial charge is 0.501 e. The van der Waals surface area contributed by atoms with Gasteiger partial charge in [-0.1, -0.05) is 12.1 Å². The zero-order valence-corrected chi connectivity index (χ0v) is 18.7. The third-order valence-electron chi connectivity index (χ3n) is 5.54. The van der Waals surface area contributed by atoms with Crippen molar-refractivity contribution in [2.24, 2.45) is 0 Å². The van der Waals surface area contributed by atoms with E-state index in [1.54, 1.807) is 45.1 Å². The summed E-state index contributed by atoms with van der Waals surface area (Å²) < 4.78 is 14.8. The number of carbonyl (C=O) groups is 2. The first kappa shape index (κ1) is 23.4. The molecule has 1 unspecified atom stereocenters. The highest BCUT2D eigenvalue weighted by Gasteiger charge is 2.32. The van der Waals surface area contributed by atoms with Crippen LogP contribution >= 0.6 is 0 Å². The molecule has 0 fully saturated rings. The average molecular weight is 445 g/mol. The van der Waals surface area contributed by atoms with Crippen molar-refractivity contribution >= 4 is 11.8 Å². The number of aryl methyl sites for hydroxylation is 1. The SMILES string of the molecule is Cc1cc(CNC(=O)c2nc3n(c(=O)c2O)CCCC3N(C)C(=O)CN(C)C)ccc1F. The van der Waals surface area contributed by atoms with E-state index >= 15 is 0 Å². The summed E-state index contributed by atoms with van der Waals surface area (Å²) in [5.74, 6) is -1.67. The van der Waals surface area contributed by atoms with Crippen molar-refractivity contribution in [3.05, 3.63) is 57.0 Å². The molecule has 0 aliphatic carbocycles. The molecule has 1 aliphatic rings. The standard InChI is InChI=1S/C22H28FN5O4/c1-13-10-14(7-8-15(13)23)11-24-21(31)18-19(30)22(32)28-9-5-6-16(20(28)25-18)27(4)17(29)12-26(2)3/h7-8,10,16,30H,5-6,9,11-12H2,1-4H3,(H,24,31). The van der Waals surface area contributed by atoms with E-state index in [2.05, 4.69) is 10.3 Å². The molecule has 2 amide bonds. The zero-order valence-electron chi connectivity index (χ0n) is 18.7. The molecular weight excluding hydrogens is 417 g/mol.